The van der Waals surface area contributed by atoms with E-state index in [0.717, 1.165) is 12.7 Å². The number of nitrogens with zero attached hydrogens (tertiary/aromatic N) is 2. The number of ketones is 1. The predicted molar refractivity (Wildman–Crippen MR) is 121 cm³/mol. The summed E-state index contributed by atoms with van der Waals surface area (Å²) in [4.78, 5) is 25.0. The Labute approximate surface area is 192 Å². The van der Waals surface area contributed by atoms with E-state index in [2.05, 4.69) is 10.4 Å². The molecule has 0 bridgehead atoms. The highest BCUT2D eigenvalue weighted by atomic mass is 35.5. The third-order valence-electron chi connectivity index (χ3n) is 5.43. The summed E-state index contributed by atoms with van der Waals surface area (Å²) in [5.74, 6) is -0.354. The quantitative estimate of drug-likeness (QED) is 0.597. The fraction of sp³-hybridized carbons (Fsp3) is 0.500. The highest BCUT2D eigenvalue weighted by Gasteiger charge is 2.30. The van der Waals surface area contributed by atoms with Gasteiger partial charge in [0.1, 0.15) is 5.78 Å². The molecule has 174 valence electrons. The van der Waals surface area contributed by atoms with Crippen LogP contribution in [0.1, 0.15) is 51.0 Å². The molecule has 0 aliphatic heterocycles. The van der Waals surface area contributed by atoms with Gasteiger partial charge in [-0.3, -0.25) is 14.3 Å². The Morgan fingerprint density at radius 1 is 1.38 bits per heavy atom. The molecule has 0 spiro atoms. The minimum absolute atomic E-state index is 0.00322. The molecular formula is C22H28ClN3O5S. The van der Waals surface area contributed by atoms with E-state index in [-0.39, 0.29) is 34.1 Å². The van der Waals surface area contributed by atoms with E-state index in [0.29, 0.717) is 30.6 Å². The van der Waals surface area contributed by atoms with Crippen molar-refractivity contribution < 1.29 is 23.1 Å². The Bertz CT molecular complexity index is 1120. The Kier molecular flexibility index (Phi) is 7.12. The van der Waals surface area contributed by atoms with E-state index in [4.69, 9.17) is 11.6 Å². The SMILES string of the molecule is CC(C)(O)Cn1ccc(NC(=O)[C@H](C[C@H]2CCC(=O)C2)c2ccc(S(C)(=O)=O)c(Cl)c2)n1. The summed E-state index contributed by atoms with van der Waals surface area (Å²) < 4.78 is 25.3. The summed E-state index contributed by atoms with van der Waals surface area (Å²) in [6, 6.07) is 6.15. The lowest BCUT2D eigenvalue weighted by Crippen LogP contribution is -2.27. The summed E-state index contributed by atoms with van der Waals surface area (Å²) >= 11 is 6.22. The number of aromatic nitrogens is 2. The van der Waals surface area contributed by atoms with Gasteiger partial charge in [-0.15, -0.1) is 0 Å². The van der Waals surface area contributed by atoms with Crippen LogP contribution in [0.2, 0.25) is 5.02 Å². The highest BCUT2D eigenvalue weighted by molar-refractivity contribution is 7.90. The number of anilines is 1. The van der Waals surface area contributed by atoms with Crippen molar-refractivity contribution >= 4 is 38.9 Å². The smallest absolute Gasteiger partial charge is 0.233 e. The first-order valence-electron chi connectivity index (χ1n) is 10.4. The number of carbonyl (C=O) groups is 2. The lowest BCUT2D eigenvalue weighted by atomic mass is 9.87. The number of hydrogen-bond acceptors (Lipinski definition) is 6. The van der Waals surface area contributed by atoms with Gasteiger partial charge in [0.15, 0.2) is 15.7 Å². The van der Waals surface area contributed by atoms with Crippen molar-refractivity contribution in [2.75, 3.05) is 11.6 Å². The fourth-order valence-corrected chi connectivity index (χ4v) is 5.32. The second-order valence-corrected chi connectivity index (χ2v) is 11.5. The van der Waals surface area contributed by atoms with Gasteiger partial charge >= 0.3 is 0 Å². The van der Waals surface area contributed by atoms with E-state index in [1.54, 1.807) is 32.2 Å². The molecule has 8 nitrogen and oxygen atoms in total. The Morgan fingerprint density at radius 2 is 2.09 bits per heavy atom. The summed E-state index contributed by atoms with van der Waals surface area (Å²) in [5, 5.41) is 17.1. The number of carbonyl (C=O) groups excluding carboxylic acids is 2. The van der Waals surface area contributed by atoms with Gasteiger partial charge in [0.25, 0.3) is 0 Å². The largest absolute Gasteiger partial charge is 0.389 e. The summed E-state index contributed by atoms with van der Waals surface area (Å²) in [6.45, 7) is 3.59. The van der Waals surface area contributed by atoms with Crippen molar-refractivity contribution in [2.45, 2.75) is 62.5 Å². The molecule has 0 saturated heterocycles. The average molecular weight is 482 g/mol. The highest BCUT2D eigenvalue weighted by Crippen LogP contribution is 2.35. The van der Waals surface area contributed by atoms with Gasteiger partial charge in [0, 0.05) is 31.4 Å². The lowest BCUT2D eigenvalue weighted by Gasteiger charge is -2.20. The first kappa shape index (κ1) is 24.4. The van der Waals surface area contributed by atoms with Gasteiger partial charge in [-0.2, -0.15) is 5.10 Å². The number of benzene rings is 1. The maximum atomic E-state index is 13.2. The molecule has 2 N–H and O–H groups in total. The fourth-order valence-electron chi connectivity index (χ4n) is 3.98. The van der Waals surface area contributed by atoms with Crippen LogP contribution in [0.15, 0.2) is 35.4 Å². The van der Waals surface area contributed by atoms with E-state index in [9.17, 15) is 23.1 Å². The summed E-state index contributed by atoms with van der Waals surface area (Å²) in [7, 11) is -3.50. The molecule has 2 aromatic rings. The monoisotopic (exact) mass is 481 g/mol. The predicted octanol–water partition coefficient (Wildman–Crippen LogP) is 3.19. The van der Waals surface area contributed by atoms with Gasteiger partial charge in [0.2, 0.25) is 5.91 Å². The van der Waals surface area contributed by atoms with Gasteiger partial charge in [0.05, 0.1) is 28.0 Å². The van der Waals surface area contributed by atoms with E-state index in [1.165, 1.54) is 16.8 Å². The number of halogens is 1. The number of amides is 1. The number of sulfone groups is 1. The molecule has 10 heteroatoms. The van der Waals surface area contributed by atoms with Crippen LogP contribution in [0.3, 0.4) is 0 Å². The molecule has 32 heavy (non-hydrogen) atoms. The normalized spacial score (nSPS) is 18.0. The number of aliphatic hydroxyl groups is 1. The minimum Gasteiger partial charge on any atom is -0.389 e. The Balaban J connectivity index is 1.85. The molecule has 1 saturated carbocycles. The van der Waals surface area contributed by atoms with Crippen LogP contribution >= 0.6 is 11.6 Å². The Morgan fingerprint density at radius 3 is 2.66 bits per heavy atom. The van der Waals surface area contributed by atoms with Gasteiger partial charge in [-0.25, -0.2) is 8.42 Å². The second kappa shape index (κ2) is 9.33. The number of Topliss-reactive ketones (excluding diaryl/α,β-unsaturated/α-hetero) is 1. The maximum Gasteiger partial charge on any atom is 0.233 e. The molecule has 0 unspecified atom stereocenters. The zero-order chi connectivity index (χ0) is 23.7. The van der Waals surface area contributed by atoms with E-state index in [1.807, 2.05) is 0 Å². The van der Waals surface area contributed by atoms with Crippen LogP contribution in [0.4, 0.5) is 5.82 Å². The molecule has 3 rings (SSSR count). The van der Waals surface area contributed by atoms with Crippen LogP contribution in [-0.4, -0.2) is 46.9 Å². The van der Waals surface area contributed by atoms with Crippen molar-refractivity contribution in [2.24, 2.45) is 5.92 Å². The third kappa shape index (κ3) is 6.40. The lowest BCUT2D eigenvalue weighted by molar-refractivity contribution is -0.119. The van der Waals surface area contributed by atoms with Crippen molar-refractivity contribution in [3.05, 3.63) is 41.0 Å². The standard InChI is InChI=1S/C22H28ClN3O5S/c1-22(2,29)13-26-9-8-20(25-26)24-21(28)17(11-14-4-6-16(27)10-14)15-5-7-19(18(23)12-15)32(3,30)31/h5,7-9,12,14,17,29H,4,6,10-11,13H2,1-3H3,(H,24,25,28)/t14-,17+/m0/s1. The molecule has 1 aromatic heterocycles. The van der Waals surface area contributed by atoms with Crippen molar-refractivity contribution in [1.29, 1.82) is 0 Å². The van der Waals surface area contributed by atoms with Crippen LogP contribution < -0.4 is 5.32 Å². The second-order valence-electron chi connectivity index (χ2n) is 9.10. The molecule has 1 fully saturated rings. The molecule has 1 heterocycles. The van der Waals surface area contributed by atoms with Gasteiger partial charge in [-0.1, -0.05) is 17.7 Å². The molecule has 1 aromatic carbocycles. The topological polar surface area (TPSA) is 118 Å². The van der Waals surface area contributed by atoms with E-state index < -0.39 is 21.4 Å². The minimum atomic E-state index is -3.50. The molecule has 1 amide bonds. The molecule has 1 aliphatic carbocycles. The zero-order valence-corrected chi connectivity index (χ0v) is 19.9. The summed E-state index contributed by atoms with van der Waals surface area (Å²) in [5.41, 5.74) is -0.377. The van der Waals surface area contributed by atoms with Gasteiger partial charge < -0.3 is 10.4 Å². The first-order chi connectivity index (χ1) is 14.8. The molecule has 0 radical (unpaired) electrons. The van der Waals surface area contributed by atoms with Crippen molar-refractivity contribution in [3.8, 4) is 0 Å². The number of nitrogens with one attached hydrogen (secondary N) is 1. The van der Waals surface area contributed by atoms with Crippen molar-refractivity contribution in [3.63, 3.8) is 0 Å². The average Bonchev–Trinajstić information content (AvgIpc) is 3.25. The van der Waals surface area contributed by atoms with Crippen LogP contribution in [0.25, 0.3) is 0 Å². The van der Waals surface area contributed by atoms with Crippen molar-refractivity contribution in [1.82, 2.24) is 9.78 Å². The number of rotatable bonds is 8. The maximum absolute atomic E-state index is 13.2. The van der Waals surface area contributed by atoms with Crippen LogP contribution in [0.5, 0.6) is 0 Å². The molecule has 1 aliphatic rings. The molecule has 2 atom stereocenters. The zero-order valence-electron chi connectivity index (χ0n) is 18.3. The van der Waals surface area contributed by atoms with E-state index >= 15 is 0 Å². The summed E-state index contributed by atoms with van der Waals surface area (Å²) in [6.07, 6.45) is 4.84. The Hall–Kier alpha value is -2.23. The van der Waals surface area contributed by atoms with Crippen LogP contribution in [-0.2, 0) is 26.0 Å². The third-order valence-corrected chi connectivity index (χ3v) is 7.01. The van der Waals surface area contributed by atoms with Gasteiger partial charge in [-0.05, 0) is 50.3 Å². The molecular weight excluding hydrogens is 454 g/mol. The van der Waals surface area contributed by atoms with Crippen LogP contribution in [0, 0.1) is 5.92 Å². The first-order valence-corrected chi connectivity index (χ1v) is 12.7. The number of hydrogen-bond donors (Lipinski definition) is 2.